The Hall–Kier alpha value is -3.72. The van der Waals surface area contributed by atoms with Gasteiger partial charge in [0.1, 0.15) is 0 Å². The van der Waals surface area contributed by atoms with Crippen molar-refractivity contribution in [3.8, 4) is 11.1 Å². The first-order chi connectivity index (χ1) is 13.8. The highest BCUT2D eigenvalue weighted by Crippen LogP contribution is 2.33. The molecule has 3 aromatic carbocycles. The zero-order chi connectivity index (χ0) is 18.9. The van der Waals surface area contributed by atoms with E-state index in [0.717, 1.165) is 50.0 Å². The van der Waals surface area contributed by atoms with Crippen LogP contribution in [0.2, 0.25) is 0 Å². The topological polar surface area (TPSA) is 37.8 Å². The van der Waals surface area contributed by atoms with Crippen molar-refractivity contribution in [1.29, 1.82) is 0 Å². The van der Waals surface area contributed by atoms with Gasteiger partial charge in [-0.3, -0.25) is 4.98 Å². The van der Waals surface area contributed by atoms with E-state index >= 15 is 0 Å². The summed E-state index contributed by atoms with van der Waals surface area (Å²) in [7, 11) is 0. The molecule has 1 N–H and O–H groups in total. The molecule has 0 atom stereocenters. The molecule has 0 amide bonds. The van der Waals surface area contributed by atoms with E-state index in [9.17, 15) is 0 Å². The van der Waals surface area contributed by atoms with Crippen molar-refractivity contribution in [2.45, 2.75) is 6.92 Å². The van der Waals surface area contributed by atoms with E-state index in [4.69, 9.17) is 4.98 Å². The van der Waals surface area contributed by atoms with Crippen LogP contribution in [0.25, 0.3) is 32.9 Å². The molecule has 2 heterocycles. The van der Waals surface area contributed by atoms with Gasteiger partial charge in [-0.15, -0.1) is 0 Å². The van der Waals surface area contributed by atoms with E-state index in [2.05, 4.69) is 77.0 Å². The number of nitrogens with one attached hydrogen (secondary N) is 1. The summed E-state index contributed by atoms with van der Waals surface area (Å²) >= 11 is 0. The fraction of sp³-hybridized carbons (Fsp3) is 0.0400. The summed E-state index contributed by atoms with van der Waals surface area (Å²) in [5.74, 6) is 0. The van der Waals surface area contributed by atoms with Crippen LogP contribution >= 0.6 is 0 Å². The van der Waals surface area contributed by atoms with Gasteiger partial charge in [0.2, 0.25) is 0 Å². The van der Waals surface area contributed by atoms with Crippen LogP contribution in [0, 0.1) is 6.92 Å². The summed E-state index contributed by atoms with van der Waals surface area (Å²) in [5, 5.41) is 5.86. The van der Waals surface area contributed by atoms with Crippen molar-refractivity contribution >= 4 is 33.2 Å². The van der Waals surface area contributed by atoms with Crippen molar-refractivity contribution in [3.63, 3.8) is 0 Å². The van der Waals surface area contributed by atoms with Gasteiger partial charge < -0.3 is 5.32 Å². The highest BCUT2D eigenvalue weighted by atomic mass is 14.9. The minimum Gasteiger partial charge on any atom is -0.354 e. The Balaban J connectivity index is 1.56. The molecule has 0 spiro atoms. The Labute approximate surface area is 163 Å². The molecular formula is C25H19N3. The molecule has 0 aliphatic heterocycles. The third-order valence-electron chi connectivity index (χ3n) is 4.99. The first-order valence-electron chi connectivity index (χ1n) is 9.35. The first-order valence-corrected chi connectivity index (χ1v) is 9.35. The normalized spacial score (nSPS) is 11.0. The maximum absolute atomic E-state index is 4.79. The second-order valence-corrected chi connectivity index (χ2v) is 6.91. The van der Waals surface area contributed by atoms with Gasteiger partial charge in [-0.05, 0) is 42.8 Å². The first kappa shape index (κ1) is 16.5. The van der Waals surface area contributed by atoms with Gasteiger partial charge in [-0.25, -0.2) is 4.98 Å². The number of hydrogen-bond donors (Lipinski definition) is 1. The second-order valence-electron chi connectivity index (χ2n) is 6.91. The molecule has 28 heavy (non-hydrogen) atoms. The number of aromatic nitrogens is 2. The monoisotopic (exact) mass is 361 g/mol. The molecule has 0 aliphatic carbocycles. The van der Waals surface area contributed by atoms with E-state index in [1.54, 1.807) is 0 Å². The number of benzene rings is 3. The van der Waals surface area contributed by atoms with Crippen LogP contribution in [0.5, 0.6) is 0 Å². The summed E-state index contributed by atoms with van der Waals surface area (Å²) in [6.45, 7) is 2.00. The fourth-order valence-corrected chi connectivity index (χ4v) is 3.50. The molecule has 0 unspecified atom stereocenters. The van der Waals surface area contributed by atoms with Crippen molar-refractivity contribution in [2.75, 3.05) is 5.32 Å². The van der Waals surface area contributed by atoms with Gasteiger partial charge in [0.25, 0.3) is 0 Å². The average Bonchev–Trinajstić information content (AvgIpc) is 2.75. The quantitative estimate of drug-likeness (QED) is 0.373. The van der Waals surface area contributed by atoms with Crippen molar-refractivity contribution in [3.05, 3.63) is 96.8 Å². The molecular weight excluding hydrogens is 342 g/mol. The van der Waals surface area contributed by atoms with E-state index in [-0.39, 0.29) is 0 Å². The Morgan fingerprint density at radius 1 is 0.643 bits per heavy atom. The number of nitrogens with zero attached hydrogens (tertiary/aromatic N) is 2. The van der Waals surface area contributed by atoms with Crippen LogP contribution in [-0.4, -0.2) is 9.97 Å². The predicted octanol–water partition coefficient (Wildman–Crippen LogP) is 6.50. The third kappa shape index (κ3) is 2.97. The maximum atomic E-state index is 4.79. The van der Waals surface area contributed by atoms with Crippen LogP contribution < -0.4 is 5.32 Å². The van der Waals surface area contributed by atoms with Gasteiger partial charge in [-0.1, -0.05) is 54.6 Å². The number of fused-ring (bicyclic) bond motifs is 2. The van der Waals surface area contributed by atoms with Crippen LogP contribution in [0.15, 0.2) is 91.1 Å². The van der Waals surface area contributed by atoms with E-state index in [1.165, 1.54) is 0 Å². The lowest BCUT2D eigenvalue weighted by Crippen LogP contribution is -1.95. The molecule has 3 nitrogen and oxygen atoms in total. The number of anilines is 2. The molecule has 3 heteroatoms. The molecule has 2 aromatic heterocycles. The zero-order valence-corrected chi connectivity index (χ0v) is 15.6. The predicted molar refractivity (Wildman–Crippen MR) is 117 cm³/mol. The molecule has 0 aliphatic rings. The van der Waals surface area contributed by atoms with Crippen molar-refractivity contribution in [2.24, 2.45) is 0 Å². The molecule has 5 rings (SSSR count). The largest absolute Gasteiger partial charge is 0.354 e. The summed E-state index contributed by atoms with van der Waals surface area (Å²) < 4.78 is 0. The number of pyridine rings is 2. The Bertz CT molecular complexity index is 1220. The van der Waals surface area contributed by atoms with Crippen molar-refractivity contribution < 1.29 is 0 Å². The van der Waals surface area contributed by atoms with Gasteiger partial charge in [0.15, 0.2) is 0 Å². The molecule has 0 saturated heterocycles. The Morgan fingerprint density at radius 3 is 1.86 bits per heavy atom. The van der Waals surface area contributed by atoms with Gasteiger partial charge in [-0.2, -0.15) is 0 Å². The molecule has 0 fully saturated rings. The maximum Gasteiger partial charge on any atom is 0.0730 e. The number of aryl methyl sites for hydroxylation is 1. The lowest BCUT2D eigenvalue weighted by Gasteiger charge is -2.14. The van der Waals surface area contributed by atoms with Crippen LogP contribution in [0.4, 0.5) is 11.4 Å². The Morgan fingerprint density at radius 2 is 1.25 bits per heavy atom. The number of para-hydroxylation sites is 2. The average molecular weight is 361 g/mol. The molecule has 0 radical (unpaired) electrons. The summed E-state index contributed by atoms with van der Waals surface area (Å²) in [4.78, 5) is 9.19. The SMILES string of the molecule is Cc1ccc(-c2ccc(Nc3c4ccccc4nc4ccccc34)cc2)cn1. The Kier molecular flexibility index (Phi) is 3.99. The lowest BCUT2D eigenvalue weighted by molar-refractivity contribution is 1.20. The van der Waals surface area contributed by atoms with Gasteiger partial charge in [0.05, 0.1) is 16.7 Å². The molecule has 0 saturated carbocycles. The highest BCUT2D eigenvalue weighted by molar-refractivity contribution is 6.08. The molecule has 134 valence electrons. The van der Waals surface area contributed by atoms with Gasteiger partial charge >= 0.3 is 0 Å². The smallest absolute Gasteiger partial charge is 0.0730 e. The highest BCUT2D eigenvalue weighted by Gasteiger charge is 2.09. The van der Waals surface area contributed by atoms with E-state index in [1.807, 2.05) is 31.3 Å². The van der Waals surface area contributed by atoms with Crippen LogP contribution in [-0.2, 0) is 0 Å². The number of hydrogen-bond acceptors (Lipinski definition) is 3. The van der Waals surface area contributed by atoms with Crippen LogP contribution in [0.3, 0.4) is 0 Å². The van der Waals surface area contributed by atoms with Crippen molar-refractivity contribution in [1.82, 2.24) is 9.97 Å². The summed E-state index contributed by atoms with van der Waals surface area (Å²) in [6, 6.07) is 29.1. The fourth-order valence-electron chi connectivity index (χ4n) is 3.50. The molecule has 0 bridgehead atoms. The van der Waals surface area contributed by atoms with Gasteiger partial charge in [0, 0.05) is 33.9 Å². The third-order valence-corrected chi connectivity index (χ3v) is 4.99. The van der Waals surface area contributed by atoms with E-state index in [0.29, 0.717) is 0 Å². The summed E-state index contributed by atoms with van der Waals surface area (Å²) in [6.07, 6.45) is 1.92. The standard InChI is InChI=1S/C25H19N3/c1-17-10-11-19(16-26-17)18-12-14-20(15-13-18)27-25-21-6-2-4-8-23(21)28-24-9-5-3-7-22(24)25/h2-16H,1H3,(H,27,28). The van der Waals surface area contributed by atoms with Crippen LogP contribution in [0.1, 0.15) is 5.69 Å². The zero-order valence-electron chi connectivity index (χ0n) is 15.6. The minimum atomic E-state index is 0.992. The summed E-state index contributed by atoms with van der Waals surface area (Å²) in [5.41, 5.74) is 7.42. The lowest BCUT2D eigenvalue weighted by atomic mass is 10.1. The number of rotatable bonds is 3. The molecule has 5 aromatic rings. The second kappa shape index (κ2) is 6.78. The van der Waals surface area contributed by atoms with E-state index < -0.39 is 0 Å². The minimum absolute atomic E-state index is 0.992.